The number of aryl methyl sites for hydroxylation is 1. The number of nitrogens with zero attached hydrogens (tertiary/aromatic N) is 1. The lowest BCUT2D eigenvalue weighted by molar-refractivity contribution is -0.137. The molecule has 1 N–H and O–H groups in total. The molecule has 8 heteroatoms. The molecule has 1 aliphatic heterocycles. The Morgan fingerprint density at radius 3 is 2.62 bits per heavy atom. The minimum Gasteiger partial charge on any atom is -0.324 e. The van der Waals surface area contributed by atoms with Gasteiger partial charge < -0.3 is 10.2 Å². The van der Waals surface area contributed by atoms with Crippen molar-refractivity contribution >= 4 is 29.1 Å². The molecule has 1 aliphatic rings. The number of carbonyl (C=O) groups excluding carboxylic acids is 2. The van der Waals surface area contributed by atoms with Crippen LogP contribution in [0, 0.1) is 12.8 Å². The van der Waals surface area contributed by atoms with E-state index >= 15 is 0 Å². The molecule has 0 bridgehead atoms. The molecule has 0 aliphatic carbocycles. The zero-order valence-electron chi connectivity index (χ0n) is 15.7. The van der Waals surface area contributed by atoms with Gasteiger partial charge in [0.25, 0.3) is 0 Å². The second-order valence-corrected chi connectivity index (χ2v) is 7.55. The molecule has 0 radical (unpaired) electrons. The normalized spacial score (nSPS) is 17.1. The zero-order valence-corrected chi connectivity index (χ0v) is 16.5. The van der Waals surface area contributed by atoms with Crippen molar-refractivity contribution in [3.8, 4) is 0 Å². The summed E-state index contributed by atoms with van der Waals surface area (Å²) >= 11 is 5.92. The van der Waals surface area contributed by atoms with Gasteiger partial charge in [-0.1, -0.05) is 23.7 Å². The predicted molar refractivity (Wildman–Crippen MR) is 105 cm³/mol. The largest absolute Gasteiger partial charge is 0.416 e. The number of ketones is 1. The summed E-state index contributed by atoms with van der Waals surface area (Å²) < 4.78 is 38.8. The molecule has 0 unspecified atom stereocenters. The predicted octanol–water partition coefficient (Wildman–Crippen LogP) is 5.79. The van der Waals surface area contributed by atoms with E-state index in [1.165, 1.54) is 17.0 Å². The van der Waals surface area contributed by atoms with Crippen molar-refractivity contribution in [1.29, 1.82) is 0 Å². The molecule has 4 nitrogen and oxygen atoms in total. The van der Waals surface area contributed by atoms with Crippen molar-refractivity contribution < 1.29 is 22.8 Å². The third-order valence-electron chi connectivity index (χ3n) is 4.98. The molecule has 3 rings (SSSR count). The monoisotopic (exact) mass is 424 g/mol. The van der Waals surface area contributed by atoms with Crippen molar-refractivity contribution in [3.05, 3.63) is 64.2 Å². The van der Waals surface area contributed by atoms with Crippen molar-refractivity contribution in [2.24, 2.45) is 5.92 Å². The van der Waals surface area contributed by atoms with E-state index in [1.807, 2.05) is 6.92 Å². The van der Waals surface area contributed by atoms with Crippen LogP contribution >= 0.6 is 11.6 Å². The van der Waals surface area contributed by atoms with Crippen LogP contribution in [0.15, 0.2) is 42.5 Å². The lowest BCUT2D eigenvalue weighted by Gasteiger charge is -2.32. The Hall–Kier alpha value is -2.54. The Morgan fingerprint density at radius 1 is 1.17 bits per heavy atom. The Bertz CT molecular complexity index is 930. The average Bonchev–Trinajstić information content (AvgIpc) is 2.69. The van der Waals surface area contributed by atoms with Crippen LogP contribution in [0.2, 0.25) is 5.02 Å². The van der Waals surface area contributed by atoms with Gasteiger partial charge in [-0.25, -0.2) is 4.79 Å². The third kappa shape index (κ3) is 5.09. The minimum atomic E-state index is -4.51. The van der Waals surface area contributed by atoms with E-state index in [1.54, 1.807) is 18.2 Å². The van der Waals surface area contributed by atoms with Crippen molar-refractivity contribution in [1.82, 2.24) is 4.90 Å². The maximum absolute atomic E-state index is 12.9. The number of halogens is 4. The number of carbonyl (C=O) groups is 2. The van der Waals surface area contributed by atoms with E-state index in [0.717, 1.165) is 17.7 Å². The molecule has 2 aromatic rings. The van der Waals surface area contributed by atoms with Gasteiger partial charge in [-0.2, -0.15) is 13.2 Å². The van der Waals surface area contributed by atoms with Crippen LogP contribution in [0.5, 0.6) is 0 Å². The molecule has 2 amide bonds. The molecule has 29 heavy (non-hydrogen) atoms. The van der Waals surface area contributed by atoms with Gasteiger partial charge in [-0.15, -0.1) is 0 Å². The maximum Gasteiger partial charge on any atom is 0.416 e. The number of amides is 2. The number of urea groups is 1. The van der Waals surface area contributed by atoms with E-state index < -0.39 is 17.7 Å². The Morgan fingerprint density at radius 2 is 1.93 bits per heavy atom. The van der Waals surface area contributed by atoms with Crippen LogP contribution < -0.4 is 5.32 Å². The van der Waals surface area contributed by atoms with Crippen molar-refractivity contribution in [2.75, 3.05) is 18.4 Å². The SMILES string of the molecule is Cc1cc(Cl)ccc1NC(=O)N1CCC[C@H](C(=O)c2cccc(C(F)(F)F)c2)C1. The summed E-state index contributed by atoms with van der Waals surface area (Å²) in [6, 6.07) is 9.17. The second kappa shape index (κ2) is 8.45. The van der Waals surface area contributed by atoms with E-state index in [2.05, 4.69) is 5.32 Å². The highest BCUT2D eigenvalue weighted by Crippen LogP contribution is 2.31. The van der Waals surface area contributed by atoms with E-state index in [0.29, 0.717) is 30.1 Å². The van der Waals surface area contributed by atoms with E-state index in [9.17, 15) is 22.8 Å². The fourth-order valence-electron chi connectivity index (χ4n) is 3.42. The first-order valence-electron chi connectivity index (χ1n) is 9.18. The van der Waals surface area contributed by atoms with Crippen LogP contribution in [-0.4, -0.2) is 29.8 Å². The summed E-state index contributed by atoms with van der Waals surface area (Å²) in [5.41, 5.74) is 0.581. The molecule has 1 fully saturated rings. The Labute approximate surface area is 171 Å². The first-order valence-corrected chi connectivity index (χ1v) is 9.56. The molecule has 0 saturated carbocycles. The van der Waals surface area contributed by atoms with Gasteiger partial charge in [-0.05, 0) is 55.7 Å². The highest BCUT2D eigenvalue weighted by molar-refractivity contribution is 6.30. The quantitative estimate of drug-likeness (QED) is 0.633. The first-order chi connectivity index (χ1) is 13.6. The summed E-state index contributed by atoms with van der Waals surface area (Å²) in [4.78, 5) is 26.9. The minimum absolute atomic E-state index is 0.0145. The number of likely N-dealkylation sites (tertiary alicyclic amines) is 1. The Balaban J connectivity index is 1.70. The van der Waals surface area contributed by atoms with Gasteiger partial charge in [0.05, 0.1) is 5.56 Å². The molecule has 1 atom stereocenters. The summed E-state index contributed by atoms with van der Waals surface area (Å²) in [6.07, 6.45) is -3.38. The number of rotatable bonds is 3. The molecule has 2 aromatic carbocycles. The van der Waals surface area contributed by atoms with E-state index in [-0.39, 0.29) is 23.9 Å². The topological polar surface area (TPSA) is 49.4 Å². The number of nitrogens with one attached hydrogen (secondary N) is 1. The number of Topliss-reactive ketones (excluding diaryl/α,β-unsaturated/α-hetero) is 1. The van der Waals surface area contributed by atoms with Gasteiger partial charge in [0, 0.05) is 35.3 Å². The van der Waals surface area contributed by atoms with Gasteiger partial charge in [0.15, 0.2) is 5.78 Å². The molecule has 0 spiro atoms. The van der Waals surface area contributed by atoms with Gasteiger partial charge in [0.2, 0.25) is 0 Å². The number of alkyl halides is 3. The molecule has 1 saturated heterocycles. The average molecular weight is 425 g/mol. The number of hydrogen-bond donors (Lipinski definition) is 1. The van der Waals surface area contributed by atoms with Crippen LogP contribution in [0.4, 0.5) is 23.7 Å². The smallest absolute Gasteiger partial charge is 0.324 e. The highest BCUT2D eigenvalue weighted by Gasteiger charge is 2.33. The number of piperidine rings is 1. The zero-order chi connectivity index (χ0) is 21.2. The lowest BCUT2D eigenvalue weighted by Crippen LogP contribution is -2.44. The van der Waals surface area contributed by atoms with Crippen molar-refractivity contribution in [2.45, 2.75) is 25.9 Å². The van der Waals surface area contributed by atoms with Gasteiger partial charge >= 0.3 is 12.2 Å². The van der Waals surface area contributed by atoms with Crippen LogP contribution in [-0.2, 0) is 6.18 Å². The molecular formula is C21H20ClF3N2O2. The highest BCUT2D eigenvalue weighted by atomic mass is 35.5. The number of anilines is 1. The Kier molecular flexibility index (Phi) is 6.17. The van der Waals surface area contributed by atoms with Gasteiger partial charge in [0.1, 0.15) is 0 Å². The van der Waals surface area contributed by atoms with Gasteiger partial charge in [-0.3, -0.25) is 4.79 Å². The summed E-state index contributed by atoms with van der Waals surface area (Å²) in [6.45, 7) is 2.45. The number of hydrogen-bond acceptors (Lipinski definition) is 2. The lowest BCUT2D eigenvalue weighted by atomic mass is 9.89. The number of benzene rings is 2. The van der Waals surface area contributed by atoms with Crippen LogP contribution in [0.3, 0.4) is 0 Å². The second-order valence-electron chi connectivity index (χ2n) is 7.12. The van der Waals surface area contributed by atoms with E-state index in [4.69, 9.17) is 11.6 Å². The fraction of sp³-hybridized carbons (Fsp3) is 0.333. The molecule has 154 valence electrons. The maximum atomic E-state index is 12.9. The summed E-state index contributed by atoms with van der Waals surface area (Å²) in [7, 11) is 0. The van der Waals surface area contributed by atoms with Crippen LogP contribution in [0.1, 0.15) is 34.3 Å². The molecular weight excluding hydrogens is 405 g/mol. The standard InChI is InChI=1S/C21H20ClF3N2O2/c1-13-10-17(22)7-8-18(13)26-20(29)27-9-3-5-15(12-27)19(28)14-4-2-6-16(11-14)21(23,24)25/h2,4,6-8,10-11,15H,3,5,9,12H2,1H3,(H,26,29)/t15-/m0/s1. The molecule has 1 heterocycles. The first kappa shape index (κ1) is 21.2. The van der Waals surface area contributed by atoms with Crippen molar-refractivity contribution in [3.63, 3.8) is 0 Å². The summed E-state index contributed by atoms with van der Waals surface area (Å²) in [5, 5.41) is 3.36. The summed E-state index contributed by atoms with van der Waals surface area (Å²) in [5.74, 6) is -0.916. The van der Waals surface area contributed by atoms with Crippen LogP contribution in [0.25, 0.3) is 0 Å². The fourth-order valence-corrected chi connectivity index (χ4v) is 3.65. The molecule has 0 aromatic heterocycles. The third-order valence-corrected chi connectivity index (χ3v) is 5.22.